The van der Waals surface area contributed by atoms with Gasteiger partial charge in [-0.05, 0) is 5.92 Å². The summed E-state index contributed by atoms with van der Waals surface area (Å²) in [7, 11) is 0. The highest BCUT2D eigenvalue weighted by Gasteiger charge is 2.05. The van der Waals surface area contributed by atoms with E-state index in [0.717, 1.165) is 0 Å². The minimum atomic E-state index is -1.99. The summed E-state index contributed by atoms with van der Waals surface area (Å²) in [6.45, 7) is 3.80. The van der Waals surface area contributed by atoms with Gasteiger partial charge in [-0.1, -0.05) is 24.9 Å². The van der Waals surface area contributed by atoms with E-state index < -0.39 is 11.1 Å². The molecule has 4 heteroatoms. The molecule has 0 aromatic rings. The van der Waals surface area contributed by atoms with Crippen LogP contribution in [0.1, 0.15) is 13.8 Å². The number of nitrogens with two attached hydrogens (primary N) is 1. The highest BCUT2D eigenvalue weighted by molar-refractivity contribution is 7.79. The van der Waals surface area contributed by atoms with Crippen LogP contribution in [0.25, 0.3) is 0 Å². The Morgan fingerprint density at radius 2 is 2.11 bits per heavy atom. The lowest BCUT2D eigenvalue weighted by Gasteiger charge is -2.16. The Kier molecular flexibility index (Phi) is 4.01. The monoisotopic (exact) mass is 150 g/mol. The first-order chi connectivity index (χ1) is 4.04. The van der Waals surface area contributed by atoms with Gasteiger partial charge in [0.1, 0.15) is 0 Å². The van der Waals surface area contributed by atoms with Crippen LogP contribution in [0.15, 0.2) is 0 Å². The van der Waals surface area contributed by atoms with E-state index in [4.69, 9.17) is 5.73 Å². The molecule has 0 aliphatic rings. The molecule has 0 saturated carbocycles. The van der Waals surface area contributed by atoms with Crippen LogP contribution in [0.5, 0.6) is 0 Å². The zero-order valence-electron chi connectivity index (χ0n) is 5.66. The Bertz CT molecular complexity index is 105. The van der Waals surface area contributed by atoms with E-state index in [9.17, 15) is 8.76 Å². The molecule has 0 amide bonds. The number of rotatable bonds is 3. The molecular weight excluding hydrogens is 138 g/mol. The van der Waals surface area contributed by atoms with Crippen LogP contribution in [0.2, 0.25) is 0 Å². The topological polar surface area (TPSA) is 66.2 Å². The van der Waals surface area contributed by atoms with Crippen molar-refractivity contribution < 1.29 is 8.76 Å². The summed E-state index contributed by atoms with van der Waals surface area (Å²) < 4.78 is 20.1. The van der Waals surface area contributed by atoms with Crippen LogP contribution >= 0.6 is 0 Å². The van der Waals surface area contributed by atoms with Gasteiger partial charge in [0.15, 0.2) is 0 Å². The first kappa shape index (κ1) is 9.07. The Labute approximate surface area is 57.9 Å². The van der Waals surface area contributed by atoms with Crippen LogP contribution in [-0.2, 0) is 11.1 Å². The van der Waals surface area contributed by atoms with Crippen molar-refractivity contribution in [3.05, 3.63) is 0 Å². The van der Waals surface area contributed by atoms with Crippen molar-refractivity contribution in [2.24, 2.45) is 11.7 Å². The normalized spacial score (nSPS) is 17.9. The molecule has 56 valence electrons. The van der Waals surface area contributed by atoms with Crippen molar-refractivity contribution in [2.75, 3.05) is 5.75 Å². The van der Waals surface area contributed by atoms with Gasteiger partial charge < -0.3 is 10.3 Å². The second kappa shape index (κ2) is 3.98. The van der Waals surface area contributed by atoms with Gasteiger partial charge in [-0.25, -0.2) is 0 Å². The maximum Gasteiger partial charge on any atom is 0.0256 e. The molecule has 2 atom stereocenters. The van der Waals surface area contributed by atoms with Gasteiger partial charge in [-0.15, -0.1) is 0 Å². The molecular formula is C5H12NO2S-. The lowest BCUT2D eigenvalue weighted by Crippen LogP contribution is -2.32. The molecule has 0 aromatic heterocycles. The SMILES string of the molecule is CC(C)C(N)CS(=O)[O-]. The maximum atomic E-state index is 10.0. The number of hydrogen-bond acceptors (Lipinski definition) is 3. The Hall–Kier alpha value is 0.0700. The molecule has 0 rings (SSSR count). The quantitative estimate of drug-likeness (QED) is 0.569. The van der Waals surface area contributed by atoms with Crippen LogP contribution in [0.3, 0.4) is 0 Å². The van der Waals surface area contributed by atoms with E-state index in [1.165, 1.54) is 0 Å². The van der Waals surface area contributed by atoms with E-state index in [1.807, 2.05) is 13.8 Å². The van der Waals surface area contributed by atoms with Gasteiger partial charge in [0, 0.05) is 11.8 Å². The molecule has 0 aliphatic carbocycles. The Balaban J connectivity index is 3.50. The predicted molar refractivity (Wildman–Crippen MR) is 36.6 cm³/mol. The average Bonchev–Trinajstić information content (AvgIpc) is 1.63. The Morgan fingerprint density at radius 3 is 2.22 bits per heavy atom. The fourth-order valence-corrected chi connectivity index (χ4v) is 1.05. The summed E-state index contributed by atoms with van der Waals surface area (Å²) in [6.07, 6.45) is 0. The van der Waals surface area contributed by atoms with E-state index in [2.05, 4.69) is 0 Å². The lowest BCUT2D eigenvalue weighted by atomic mass is 10.1. The Morgan fingerprint density at radius 1 is 1.67 bits per heavy atom. The van der Waals surface area contributed by atoms with Gasteiger partial charge in [-0.3, -0.25) is 4.21 Å². The summed E-state index contributed by atoms with van der Waals surface area (Å²) in [5, 5.41) is 0. The molecule has 0 bridgehead atoms. The molecule has 0 aliphatic heterocycles. The molecule has 0 spiro atoms. The lowest BCUT2D eigenvalue weighted by molar-refractivity contribution is 0.495. The molecule has 9 heavy (non-hydrogen) atoms. The summed E-state index contributed by atoms with van der Waals surface area (Å²) in [6, 6.07) is -0.219. The highest BCUT2D eigenvalue weighted by atomic mass is 32.2. The molecule has 0 fully saturated rings. The summed E-state index contributed by atoms with van der Waals surface area (Å²) in [4.78, 5) is 0. The van der Waals surface area contributed by atoms with Crippen molar-refractivity contribution in [3.8, 4) is 0 Å². The fourth-order valence-electron chi connectivity index (χ4n) is 0.350. The first-order valence-corrected chi connectivity index (χ1v) is 4.10. The van der Waals surface area contributed by atoms with Crippen molar-refractivity contribution in [1.29, 1.82) is 0 Å². The smallest absolute Gasteiger partial charge is 0.0256 e. The average molecular weight is 150 g/mol. The van der Waals surface area contributed by atoms with Crippen molar-refractivity contribution in [1.82, 2.24) is 0 Å². The van der Waals surface area contributed by atoms with Crippen LogP contribution in [-0.4, -0.2) is 20.6 Å². The maximum absolute atomic E-state index is 10.0. The van der Waals surface area contributed by atoms with Crippen LogP contribution in [0.4, 0.5) is 0 Å². The van der Waals surface area contributed by atoms with Crippen molar-refractivity contribution in [2.45, 2.75) is 19.9 Å². The van der Waals surface area contributed by atoms with Crippen molar-refractivity contribution in [3.63, 3.8) is 0 Å². The van der Waals surface area contributed by atoms with E-state index >= 15 is 0 Å². The third-order valence-electron chi connectivity index (χ3n) is 1.18. The molecule has 0 heterocycles. The van der Waals surface area contributed by atoms with E-state index in [1.54, 1.807) is 0 Å². The number of hydrogen-bond donors (Lipinski definition) is 1. The highest BCUT2D eigenvalue weighted by Crippen LogP contribution is 1.98. The first-order valence-electron chi connectivity index (χ1n) is 2.85. The zero-order valence-corrected chi connectivity index (χ0v) is 6.48. The minimum absolute atomic E-state index is 0.0671. The summed E-state index contributed by atoms with van der Waals surface area (Å²) in [5.41, 5.74) is 5.42. The van der Waals surface area contributed by atoms with Crippen LogP contribution in [0, 0.1) is 5.92 Å². The predicted octanol–water partition coefficient (Wildman–Crippen LogP) is -0.151. The zero-order chi connectivity index (χ0) is 7.44. The molecule has 2 unspecified atom stereocenters. The van der Waals surface area contributed by atoms with E-state index in [0.29, 0.717) is 0 Å². The second-order valence-electron chi connectivity index (χ2n) is 2.38. The van der Waals surface area contributed by atoms with Gasteiger partial charge in [0.25, 0.3) is 0 Å². The van der Waals surface area contributed by atoms with Crippen LogP contribution < -0.4 is 5.73 Å². The molecule has 0 aromatic carbocycles. The summed E-state index contributed by atoms with van der Waals surface area (Å²) in [5.74, 6) is 0.306. The minimum Gasteiger partial charge on any atom is -0.772 e. The van der Waals surface area contributed by atoms with Crippen molar-refractivity contribution >= 4 is 11.1 Å². The van der Waals surface area contributed by atoms with E-state index in [-0.39, 0.29) is 17.7 Å². The largest absolute Gasteiger partial charge is 0.772 e. The van der Waals surface area contributed by atoms with Gasteiger partial charge >= 0.3 is 0 Å². The van der Waals surface area contributed by atoms with Gasteiger partial charge in [-0.2, -0.15) is 0 Å². The third-order valence-corrected chi connectivity index (χ3v) is 1.84. The standard InChI is InChI=1S/C5H13NO2S/c1-4(2)5(6)3-9(7)8/h4-5H,3,6H2,1-2H3,(H,7,8)/p-1. The van der Waals surface area contributed by atoms with Gasteiger partial charge in [0.05, 0.1) is 0 Å². The summed E-state index contributed by atoms with van der Waals surface area (Å²) >= 11 is -1.99. The molecule has 0 radical (unpaired) electrons. The van der Waals surface area contributed by atoms with Gasteiger partial charge in [0.2, 0.25) is 0 Å². The molecule has 3 nitrogen and oxygen atoms in total. The second-order valence-corrected chi connectivity index (χ2v) is 3.32. The third kappa shape index (κ3) is 4.57. The molecule has 2 N–H and O–H groups in total. The molecule has 0 saturated heterocycles. The fraction of sp³-hybridized carbons (Fsp3) is 1.00.